The number of rotatable bonds is 2. The highest BCUT2D eigenvalue weighted by Crippen LogP contribution is 2.06. The zero-order valence-corrected chi connectivity index (χ0v) is 6.73. The Kier molecular flexibility index (Phi) is 2.69. The van der Waals surface area contributed by atoms with Crippen LogP contribution in [-0.2, 0) is 6.42 Å². The maximum absolute atomic E-state index is 5.60. The van der Waals surface area contributed by atoms with Crippen LogP contribution in [0.4, 0.5) is 0 Å². The van der Waals surface area contributed by atoms with Crippen LogP contribution in [0.3, 0.4) is 0 Å². The molecule has 0 aliphatic heterocycles. The molecule has 1 nitrogen and oxygen atoms in total. The maximum atomic E-state index is 5.60. The van der Waals surface area contributed by atoms with E-state index in [1.807, 2.05) is 18.3 Å². The van der Waals surface area contributed by atoms with E-state index in [0.717, 1.165) is 12.8 Å². The van der Waals surface area contributed by atoms with Crippen LogP contribution >= 0.6 is 11.6 Å². The van der Waals surface area contributed by atoms with Crippen molar-refractivity contribution in [3.63, 3.8) is 0 Å². The van der Waals surface area contributed by atoms with Crippen molar-refractivity contribution in [1.82, 2.24) is 4.98 Å². The van der Waals surface area contributed by atoms with E-state index in [1.165, 1.54) is 5.56 Å². The number of pyridine rings is 1. The van der Waals surface area contributed by atoms with E-state index in [9.17, 15) is 0 Å². The summed E-state index contributed by atoms with van der Waals surface area (Å²) in [5, 5.41) is 0.569. The smallest absolute Gasteiger partial charge is 0.129 e. The second-order valence-electron chi connectivity index (χ2n) is 2.24. The van der Waals surface area contributed by atoms with Crippen molar-refractivity contribution in [3.8, 4) is 0 Å². The zero-order chi connectivity index (χ0) is 7.40. The predicted molar refractivity (Wildman–Crippen MR) is 43.2 cm³/mol. The molecule has 0 bridgehead atoms. The van der Waals surface area contributed by atoms with Crippen LogP contribution in [0.1, 0.15) is 18.9 Å². The van der Waals surface area contributed by atoms with E-state index in [-0.39, 0.29) is 0 Å². The van der Waals surface area contributed by atoms with E-state index in [2.05, 4.69) is 11.9 Å². The number of hydrogen-bond acceptors (Lipinski definition) is 1. The number of aryl methyl sites for hydroxylation is 1. The second kappa shape index (κ2) is 3.57. The fourth-order valence-electron chi connectivity index (χ4n) is 0.843. The molecule has 54 valence electrons. The predicted octanol–water partition coefficient (Wildman–Crippen LogP) is 2.69. The molecule has 10 heavy (non-hydrogen) atoms. The highest BCUT2D eigenvalue weighted by atomic mass is 35.5. The van der Waals surface area contributed by atoms with Gasteiger partial charge in [-0.25, -0.2) is 4.98 Å². The summed E-state index contributed by atoms with van der Waals surface area (Å²) >= 11 is 5.60. The Bertz CT molecular complexity index is 193. The molecule has 0 atom stereocenters. The highest BCUT2D eigenvalue weighted by molar-refractivity contribution is 6.29. The van der Waals surface area contributed by atoms with Crippen molar-refractivity contribution in [2.45, 2.75) is 19.8 Å². The molecule has 0 saturated heterocycles. The molecule has 1 rings (SSSR count). The van der Waals surface area contributed by atoms with Gasteiger partial charge in [0.2, 0.25) is 0 Å². The third-order valence-electron chi connectivity index (χ3n) is 1.33. The Morgan fingerprint density at radius 3 is 2.80 bits per heavy atom. The van der Waals surface area contributed by atoms with Gasteiger partial charge in [0.15, 0.2) is 0 Å². The van der Waals surface area contributed by atoms with Gasteiger partial charge in [-0.05, 0) is 18.1 Å². The van der Waals surface area contributed by atoms with E-state index in [1.54, 1.807) is 0 Å². The normalized spacial score (nSPS) is 9.80. The summed E-state index contributed by atoms with van der Waals surface area (Å²) in [6.07, 6.45) is 4.07. The van der Waals surface area contributed by atoms with Gasteiger partial charge < -0.3 is 0 Å². The Morgan fingerprint density at radius 2 is 2.30 bits per heavy atom. The first-order chi connectivity index (χ1) is 4.83. The molecule has 0 aliphatic carbocycles. The summed E-state index contributed by atoms with van der Waals surface area (Å²) in [6.45, 7) is 2.15. The topological polar surface area (TPSA) is 12.9 Å². The van der Waals surface area contributed by atoms with Crippen molar-refractivity contribution in [2.75, 3.05) is 0 Å². The average molecular weight is 156 g/mol. The lowest BCUT2D eigenvalue weighted by Gasteiger charge is -1.95. The first-order valence-corrected chi connectivity index (χ1v) is 3.81. The van der Waals surface area contributed by atoms with E-state index in [4.69, 9.17) is 11.6 Å². The molecule has 1 aromatic rings. The monoisotopic (exact) mass is 155 g/mol. The van der Waals surface area contributed by atoms with Crippen LogP contribution in [0.5, 0.6) is 0 Å². The van der Waals surface area contributed by atoms with Gasteiger partial charge in [-0.2, -0.15) is 0 Å². The number of nitrogens with zero attached hydrogens (tertiary/aromatic N) is 1. The fourth-order valence-corrected chi connectivity index (χ4v) is 0.955. The maximum Gasteiger partial charge on any atom is 0.129 e. The van der Waals surface area contributed by atoms with Gasteiger partial charge in [0, 0.05) is 6.20 Å². The molecule has 0 saturated carbocycles. The summed E-state index contributed by atoms with van der Waals surface area (Å²) in [5.41, 5.74) is 1.26. The molecular formula is C8H10ClN. The number of aromatic nitrogens is 1. The van der Waals surface area contributed by atoms with Gasteiger partial charge in [-0.15, -0.1) is 0 Å². The van der Waals surface area contributed by atoms with Crippen LogP contribution in [-0.4, -0.2) is 4.98 Å². The minimum atomic E-state index is 0.569. The Balaban J connectivity index is 2.69. The number of halogens is 1. The Hall–Kier alpha value is -0.560. The SMILES string of the molecule is CCCc1ccc(Cl)nc1. The van der Waals surface area contributed by atoms with Crippen molar-refractivity contribution in [3.05, 3.63) is 29.0 Å². The van der Waals surface area contributed by atoms with Crippen LogP contribution in [0.25, 0.3) is 0 Å². The quantitative estimate of drug-likeness (QED) is 0.599. The molecule has 0 amide bonds. The fraction of sp³-hybridized carbons (Fsp3) is 0.375. The van der Waals surface area contributed by atoms with Gasteiger partial charge in [0.05, 0.1) is 0 Å². The highest BCUT2D eigenvalue weighted by Gasteiger charge is 1.90. The van der Waals surface area contributed by atoms with Gasteiger partial charge in [-0.1, -0.05) is 31.0 Å². The van der Waals surface area contributed by atoms with E-state index >= 15 is 0 Å². The standard InChI is InChI=1S/C8H10ClN/c1-2-3-7-4-5-8(9)10-6-7/h4-6H,2-3H2,1H3. The molecule has 0 aromatic carbocycles. The molecule has 0 fully saturated rings. The van der Waals surface area contributed by atoms with Crippen LogP contribution in [0.2, 0.25) is 5.15 Å². The largest absolute Gasteiger partial charge is 0.244 e. The first-order valence-electron chi connectivity index (χ1n) is 3.43. The molecule has 1 heterocycles. The molecule has 2 heteroatoms. The van der Waals surface area contributed by atoms with Crippen molar-refractivity contribution in [1.29, 1.82) is 0 Å². The Morgan fingerprint density at radius 1 is 1.50 bits per heavy atom. The molecular weight excluding hydrogens is 146 g/mol. The average Bonchev–Trinajstić information content (AvgIpc) is 1.95. The molecule has 1 aromatic heterocycles. The van der Waals surface area contributed by atoms with Crippen LogP contribution in [0, 0.1) is 0 Å². The minimum absolute atomic E-state index is 0.569. The van der Waals surface area contributed by atoms with Crippen LogP contribution < -0.4 is 0 Å². The van der Waals surface area contributed by atoms with Gasteiger partial charge in [0.25, 0.3) is 0 Å². The lowest BCUT2D eigenvalue weighted by atomic mass is 10.2. The van der Waals surface area contributed by atoms with Crippen molar-refractivity contribution >= 4 is 11.6 Å². The summed E-state index contributed by atoms with van der Waals surface area (Å²) in [4.78, 5) is 3.96. The molecule has 0 N–H and O–H groups in total. The summed E-state index contributed by atoms with van der Waals surface area (Å²) < 4.78 is 0. The van der Waals surface area contributed by atoms with Gasteiger partial charge >= 0.3 is 0 Å². The Labute approximate surface area is 66.0 Å². The summed E-state index contributed by atoms with van der Waals surface area (Å²) in [6, 6.07) is 3.84. The van der Waals surface area contributed by atoms with E-state index < -0.39 is 0 Å². The molecule has 0 spiro atoms. The van der Waals surface area contributed by atoms with E-state index in [0.29, 0.717) is 5.15 Å². The van der Waals surface area contributed by atoms with Gasteiger partial charge in [0.1, 0.15) is 5.15 Å². The minimum Gasteiger partial charge on any atom is -0.244 e. The van der Waals surface area contributed by atoms with Gasteiger partial charge in [-0.3, -0.25) is 0 Å². The third-order valence-corrected chi connectivity index (χ3v) is 1.55. The molecule has 0 radical (unpaired) electrons. The summed E-state index contributed by atoms with van der Waals surface area (Å²) in [5.74, 6) is 0. The lowest BCUT2D eigenvalue weighted by Crippen LogP contribution is -1.83. The second-order valence-corrected chi connectivity index (χ2v) is 2.63. The van der Waals surface area contributed by atoms with Crippen molar-refractivity contribution in [2.24, 2.45) is 0 Å². The van der Waals surface area contributed by atoms with Crippen molar-refractivity contribution < 1.29 is 0 Å². The van der Waals surface area contributed by atoms with Crippen LogP contribution in [0.15, 0.2) is 18.3 Å². The molecule has 0 aliphatic rings. The zero-order valence-electron chi connectivity index (χ0n) is 5.97. The summed E-state index contributed by atoms with van der Waals surface area (Å²) in [7, 11) is 0. The molecule has 0 unspecified atom stereocenters. The number of hydrogen-bond donors (Lipinski definition) is 0. The lowest BCUT2D eigenvalue weighted by molar-refractivity contribution is 0.914. The third kappa shape index (κ3) is 1.99. The first kappa shape index (κ1) is 7.55.